The molecule has 4 nitrogen and oxygen atoms in total. The SMILES string of the molecule is O=C(OCCN1CCOCC1)c1ccc(-c2ccccc2)cc1. The Bertz CT molecular complexity index is 619. The summed E-state index contributed by atoms with van der Waals surface area (Å²) in [5.74, 6) is -0.266. The second kappa shape index (κ2) is 7.90. The lowest BCUT2D eigenvalue weighted by molar-refractivity contribution is 0.0195. The lowest BCUT2D eigenvalue weighted by atomic mass is 10.0. The Hall–Kier alpha value is -2.17. The van der Waals surface area contributed by atoms with Gasteiger partial charge in [0.1, 0.15) is 6.61 Å². The van der Waals surface area contributed by atoms with Crippen molar-refractivity contribution in [1.29, 1.82) is 0 Å². The molecule has 1 aliphatic heterocycles. The Labute approximate surface area is 136 Å². The Morgan fingerprint density at radius 1 is 0.957 bits per heavy atom. The maximum Gasteiger partial charge on any atom is 0.338 e. The van der Waals surface area contributed by atoms with Gasteiger partial charge >= 0.3 is 5.97 Å². The van der Waals surface area contributed by atoms with Gasteiger partial charge in [0.05, 0.1) is 18.8 Å². The molecule has 4 heteroatoms. The molecule has 2 aromatic carbocycles. The molecule has 1 fully saturated rings. The van der Waals surface area contributed by atoms with Gasteiger partial charge < -0.3 is 9.47 Å². The fraction of sp³-hybridized carbons (Fsp3) is 0.316. The summed E-state index contributed by atoms with van der Waals surface area (Å²) in [6.07, 6.45) is 0. The van der Waals surface area contributed by atoms with E-state index in [-0.39, 0.29) is 5.97 Å². The van der Waals surface area contributed by atoms with Crippen molar-refractivity contribution in [1.82, 2.24) is 4.90 Å². The molecule has 120 valence electrons. The smallest absolute Gasteiger partial charge is 0.338 e. The zero-order valence-corrected chi connectivity index (χ0v) is 13.1. The van der Waals surface area contributed by atoms with Crippen LogP contribution in [-0.2, 0) is 9.47 Å². The number of morpholine rings is 1. The summed E-state index contributed by atoms with van der Waals surface area (Å²) in [4.78, 5) is 14.3. The minimum absolute atomic E-state index is 0.266. The van der Waals surface area contributed by atoms with Crippen molar-refractivity contribution in [2.75, 3.05) is 39.5 Å². The van der Waals surface area contributed by atoms with Crippen molar-refractivity contribution >= 4 is 5.97 Å². The molecule has 1 heterocycles. The molecule has 0 spiro atoms. The van der Waals surface area contributed by atoms with Crippen LogP contribution in [0.5, 0.6) is 0 Å². The number of ether oxygens (including phenoxy) is 2. The maximum absolute atomic E-state index is 12.1. The van der Waals surface area contributed by atoms with Crippen LogP contribution >= 0.6 is 0 Å². The molecule has 3 rings (SSSR count). The summed E-state index contributed by atoms with van der Waals surface area (Å²) in [6.45, 7) is 4.51. The molecule has 0 bridgehead atoms. The van der Waals surface area contributed by atoms with Gasteiger partial charge in [-0.2, -0.15) is 0 Å². The fourth-order valence-corrected chi connectivity index (χ4v) is 2.60. The first-order valence-electron chi connectivity index (χ1n) is 7.96. The van der Waals surface area contributed by atoms with Crippen LogP contribution in [0.25, 0.3) is 11.1 Å². The summed E-state index contributed by atoms with van der Waals surface area (Å²) in [5, 5.41) is 0. The number of benzene rings is 2. The lowest BCUT2D eigenvalue weighted by Crippen LogP contribution is -2.38. The number of esters is 1. The van der Waals surface area contributed by atoms with E-state index in [1.807, 2.05) is 42.5 Å². The van der Waals surface area contributed by atoms with E-state index >= 15 is 0 Å². The number of carbonyl (C=O) groups is 1. The normalized spacial score (nSPS) is 15.3. The first-order valence-corrected chi connectivity index (χ1v) is 7.96. The van der Waals surface area contributed by atoms with Gasteiger partial charge in [-0.1, -0.05) is 42.5 Å². The number of nitrogens with zero attached hydrogens (tertiary/aromatic N) is 1. The zero-order chi connectivity index (χ0) is 15.9. The first-order chi connectivity index (χ1) is 11.3. The minimum Gasteiger partial charge on any atom is -0.461 e. The van der Waals surface area contributed by atoms with Crippen LogP contribution in [0.1, 0.15) is 10.4 Å². The van der Waals surface area contributed by atoms with Crippen molar-refractivity contribution in [2.45, 2.75) is 0 Å². The van der Waals surface area contributed by atoms with Crippen molar-refractivity contribution in [3.05, 3.63) is 60.2 Å². The molecule has 2 aromatic rings. The second-order valence-electron chi connectivity index (χ2n) is 5.53. The largest absolute Gasteiger partial charge is 0.461 e. The number of carbonyl (C=O) groups excluding carboxylic acids is 1. The third-order valence-electron chi connectivity index (χ3n) is 3.97. The molecule has 23 heavy (non-hydrogen) atoms. The molecule has 1 saturated heterocycles. The summed E-state index contributed by atoms with van der Waals surface area (Å²) in [5.41, 5.74) is 2.82. The molecular weight excluding hydrogens is 290 g/mol. The highest BCUT2D eigenvalue weighted by molar-refractivity contribution is 5.90. The zero-order valence-electron chi connectivity index (χ0n) is 13.1. The van der Waals surface area contributed by atoms with E-state index in [1.165, 1.54) is 0 Å². The van der Waals surface area contributed by atoms with E-state index in [9.17, 15) is 4.79 Å². The van der Waals surface area contributed by atoms with Crippen LogP contribution in [0.4, 0.5) is 0 Å². The molecule has 1 aliphatic rings. The summed E-state index contributed by atoms with van der Waals surface area (Å²) >= 11 is 0. The van der Waals surface area contributed by atoms with Crippen LogP contribution in [0.3, 0.4) is 0 Å². The molecule has 0 radical (unpaired) electrons. The van der Waals surface area contributed by atoms with Crippen molar-refractivity contribution in [3.8, 4) is 11.1 Å². The van der Waals surface area contributed by atoms with E-state index in [4.69, 9.17) is 9.47 Å². The van der Waals surface area contributed by atoms with Crippen molar-refractivity contribution in [3.63, 3.8) is 0 Å². The predicted molar refractivity (Wildman–Crippen MR) is 89.4 cm³/mol. The monoisotopic (exact) mass is 311 g/mol. The van der Waals surface area contributed by atoms with Gasteiger partial charge in [0, 0.05) is 19.6 Å². The third kappa shape index (κ3) is 4.41. The van der Waals surface area contributed by atoms with Gasteiger partial charge in [0.15, 0.2) is 0 Å². The molecular formula is C19H21NO3. The first kappa shape index (κ1) is 15.7. The number of hydrogen-bond acceptors (Lipinski definition) is 4. The maximum atomic E-state index is 12.1. The highest BCUT2D eigenvalue weighted by Crippen LogP contribution is 2.19. The minimum atomic E-state index is -0.266. The lowest BCUT2D eigenvalue weighted by Gasteiger charge is -2.26. The van der Waals surface area contributed by atoms with E-state index in [0.29, 0.717) is 12.2 Å². The van der Waals surface area contributed by atoms with Crippen LogP contribution in [-0.4, -0.2) is 50.3 Å². The van der Waals surface area contributed by atoms with Crippen LogP contribution < -0.4 is 0 Å². The Morgan fingerprint density at radius 3 is 2.30 bits per heavy atom. The summed E-state index contributed by atoms with van der Waals surface area (Å²) in [6, 6.07) is 17.6. The molecule has 0 aromatic heterocycles. The van der Waals surface area contributed by atoms with Gasteiger partial charge in [-0.05, 0) is 23.3 Å². The predicted octanol–water partition coefficient (Wildman–Crippen LogP) is 2.84. The van der Waals surface area contributed by atoms with Gasteiger partial charge in [-0.15, -0.1) is 0 Å². The molecule has 0 amide bonds. The van der Waals surface area contributed by atoms with Crippen LogP contribution in [0.15, 0.2) is 54.6 Å². The Kier molecular flexibility index (Phi) is 5.40. The highest BCUT2D eigenvalue weighted by Gasteiger charge is 2.12. The topological polar surface area (TPSA) is 38.8 Å². The average Bonchev–Trinajstić information content (AvgIpc) is 2.63. The quantitative estimate of drug-likeness (QED) is 0.796. The highest BCUT2D eigenvalue weighted by atomic mass is 16.5. The van der Waals surface area contributed by atoms with Gasteiger partial charge in [0.2, 0.25) is 0 Å². The third-order valence-corrected chi connectivity index (χ3v) is 3.97. The second-order valence-corrected chi connectivity index (χ2v) is 5.53. The van der Waals surface area contributed by atoms with E-state index in [1.54, 1.807) is 0 Å². The summed E-state index contributed by atoms with van der Waals surface area (Å²) < 4.78 is 10.6. The van der Waals surface area contributed by atoms with Crippen LogP contribution in [0.2, 0.25) is 0 Å². The molecule has 0 atom stereocenters. The standard InChI is InChI=1S/C19H21NO3/c21-19(23-15-12-20-10-13-22-14-11-20)18-8-6-17(7-9-18)16-4-2-1-3-5-16/h1-9H,10-15H2. The fourth-order valence-electron chi connectivity index (χ4n) is 2.60. The van der Waals surface area contributed by atoms with Gasteiger partial charge in [-0.25, -0.2) is 4.79 Å². The average molecular weight is 311 g/mol. The van der Waals surface area contributed by atoms with Gasteiger partial charge in [-0.3, -0.25) is 4.90 Å². The van der Waals surface area contributed by atoms with Gasteiger partial charge in [0.25, 0.3) is 0 Å². The Morgan fingerprint density at radius 2 is 1.61 bits per heavy atom. The molecule has 0 aliphatic carbocycles. The molecule has 0 unspecified atom stereocenters. The van der Waals surface area contributed by atoms with E-state index < -0.39 is 0 Å². The van der Waals surface area contributed by atoms with E-state index in [2.05, 4.69) is 17.0 Å². The number of rotatable bonds is 5. The molecule has 0 saturated carbocycles. The Balaban J connectivity index is 1.51. The van der Waals surface area contributed by atoms with Crippen LogP contribution in [0, 0.1) is 0 Å². The number of hydrogen-bond donors (Lipinski definition) is 0. The van der Waals surface area contributed by atoms with Crippen molar-refractivity contribution in [2.24, 2.45) is 0 Å². The molecule has 0 N–H and O–H groups in total. The summed E-state index contributed by atoms with van der Waals surface area (Å²) in [7, 11) is 0. The van der Waals surface area contributed by atoms with E-state index in [0.717, 1.165) is 44.0 Å². The van der Waals surface area contributed by atoms with Crippen molar-refractivity contribution < 1.29 is 14.3 Å².